The van der Waals surface area contributed by atoms with Crippen molar-refractivity contribution >= 4 is 17.7 Å². The molecule has 1 amide bonds. The third kappa shape index (κ3) is 5.12. The van der Waals surface area contributed by atoms with E-state index < -0.39 is 0 Å². The SMILES string of the molecule is COc1ccc(-n2nnc(C(=O)NCc3ccc(C)cc3)c2CSc2ncccn2)cc1. The Morgan fingerprint density at radius 1 is 1.06 bits per heavy atom. The van der Waals surface area contributed by atoms with Crippen molar-refractivity contribution in [3.8, 4) is 11.4 Å². The lowest BCUT2D eigenvalue weighted by molar-refractivity contribution is 0.0945. The highest BCUT2D eigenvalue weighted by Crippen LogP contribution is 2.24. The van der Waals surface area contributed by atoms with E-state index in [9.17, 15) is 4.79 Å². The summed E-state index contributed by atoms with van der Waals surface area (Å²) < 4.78 is 6.90. The van der Waals surface area contributed by atoms with Crippen LogP contribution in [0, 0.1) is 6.92 Å². The molecule has 0 aliphatic rings. The van der Waals surface area contributed by atoms with Crippen molar-refractivity contribution in [1.82, 2.24) is 30.3 Å². The Labute approximate surface area is 190 Å². The number of nitrogens with zero attached hydrogens (tertiary/aromatic N) is 5. The highest BCUT2D eigenvalue weighted by atomic mass is 32.2. The summed E-state index contributed by atoms with van der Waals surface area (Å²) >= 11 is 1.41. The smallest absolute Gasteiger partial charge is 0.274 e. The molecule has 8 nitrogen and oxygen atoms in total. The zero-order chi connectivity index (χ0) is 22.3. The van der Waals surface area contributed by atoms with Gasteiger partial charge in [0.1, 0.15) is 5.75 Å². The third-order valence-corrected chi connectivity index (χ3v) is 5.64. The number of thioether (sulfide) groups is 1. The molecule has 4 rings (SSSR count). The largest absolute Gasteiger partial charge is 0.497 e. The van der Waals surface area contributed by atoms with Crippen molar-refractivity contribution in [3.63, 3.8) is 0 Å². The minimum absolute atomic E-state index is 0.274. The molecule has 2 aromatic heterocycles. The third-order valence-electron chi connectivity index (χ3n) is 4.75. The zero-order valence-corrected chi connectivity index (χ0v) is 18.5. The molecule has 0 spiro atoms. The maximum absolute atomic E-state index is 13.0. The van der Waals surface area contributed by atoms with Gasteiger partial charge in [-0.1, -0.05) is 46.8 Å². The van der Waals surface area contributed by atoms with Gasteiger partial charge in [-0.25, -0.2) is 14.6 Å². The lowest BCUT2D eigenvalue weighted by Crippen LogP contribution is -2.24. The molecule has 2 heterocycles. The molecule has 0 atom stereocenters. The maximum Gasteiger partial charge on any atom is 0.274 e. The number of ether oxygens (including phenoxy) is 1. The van der Waals surface area contributed by atoms with Gasteiger partial charge in [0.05, 0.1) is 18.5 Å². The molecule has 0 aliphatic heterocycles. The van der Waals surface area contributed by atoms with Gasteiger partial charge in [-0.15, -0.1) is 5.10 Å². The molecule has 1 N–H and O–H groups in total. The Hall–Kier alpha value is -3.72. The summed E-state index contributed by atoms with van der Waals surface area (Å²) in [6.07, 6.45) is 3.37. The van der Waals surface area contributed by atoms with Gasteiger partial charge in [-0.2, -0.15) is 0 Å². The first kappa shape index (κ1) is 21.5. The van der Waals surface area contributed by atoms with Crippen LogP contribution in [-0.2, 0) is 12.3 Å². The van der Waals surface area contributed by atoms with Crippen LogP contribution in [0.2, 0.25) is 0 Å². The van der Waals surface area contributed by atoms with Gasteiger partial charge < -0.3 is 10.1 Å². The molecule has 9 heteroatoms. The summed E-state index contributed by atoms with van der Waals surface area (Å²) in [7, 11) is 1.61. The van der Waals surface area contributed by atoms with Gasteiger partial charge in [0.2, 0.25) is 0 Å². The average Bonchev–Trinajstić information content (AvgIpc) is 3.27. The number of carbonyl (C=O) groups excluding carboxylic acids is 1. The lowest BCUT2D eigenvalue weighted by Gasteiger charge is -2.09. The van der Waals surface area contributed by atoms with Crippen molar-refractivity contribution < 1.29 is 9.53 Å². The standard InChI is InChI=1S/C23H22N6O2S/c1-16-4-6-17(7-5-16)14-26-22(30)21-20(15-32-23-24-12-3-13-25-23)29(28-27-21)18-8-10-19(31-2)11-9-18/h3-13H,14-15H2,1-2H3,(H,26,30). The van der Waals surface area contributed by atoms with Gasteiger partial charge in [-0.05, 0) is 42.8 Å². The second-order valence-electron chi connectivity index (χ2n) is 6.98. The fraction of sp³-hybridized carbons (Fsp3) is 0.174. The molecular weight excluding hydrogens is 424 g/mol. The number of rotatable bonds is 8. The summed E-state index contributed by atoms with van der Waals surface area (Å²) in [5, 5.41) is 12.0. The normalized spacial score (nSPS) is 10.7. The van der Waals surface area contributed by atoms with Crippen LogP contribution in [0.15, 0.2) is 72.1 Å². The van der Waals surface area contributed by atoms with Gasteiger partial charge in [-0.3, -0.25) is 4.79 Å². The van der Waals surface area contributed by atoms with Gasteiger partial charge >= 0.3 is 0 Å². The first-order chi connectivity index (χ1) is 15.6. The topological polar surface area (TPSA) is 94.8 Å². The Bertz CT molecular complexity index is 1180. The number of amides is 1. The average molecular weight is 447 g/mol. The van der Waals surface area contributed by atoms with Crippen molar-refractivity contribution in [2.45, 2.75) is 24.4 Å². The summed E-state index contributed by atoms with van der Waals surface area (Å²) in [4.78, 5) is 21.5. The molecule has 2 aromatic carbocycles. The van der Waals surface area contributed by atoms with E-state index in [1.54, 1.807) is 30.3 Å². The number of hydrogen-bond acceptors (Lipinski definition) is 7. The Kier molecular flexibility index (Phi) is 6.76. The quantitative estimate of drug-likeness (QED) is 0.326. The molecule has 0 saturated carbocycles. The van der Waals surface area contributed by atoms with Gasteiger partial charge in [0.15, 0.2) is 10.9 Å². The van der Waals surface area contributed by atoms with E-state index in [1.165, 1.54) is 17.3 Å². The van der Waals surface area contributed by atoms with Crippen molar-refractivity contribution in [2.24, 2.45) is 0 Å². The predicted molar refractivity (Wildman–Crippen MR) is 122 cm³/mol. The second kappa shape index (κ2) is 10.1. The molecule has 0 saturated heterocycles. The molecule has 0 fully saturated rings. The summed E-state index contributed by atoms with van der Waals surface area (Å²) in [6.45, 7) is 2.43. The Morgan fingerprint density at radius 2 is 1.78 bits per heavy atom. The van der Waals surface area contributed by atoms with E-state index in [-0.39, 0.29) is 11.6 Å². The van der Waals surface area contributed by atoms with Crippen LogP contribution in [0.4, 0.5) is 0 Å². The maximum atomic E-state index is 13.0. The Balaban J connectivity index is 1.58. The van der Waals surface area contributed by atoms with Crippen LogP contribution < -0.4 is 10.1 Å². The minimum atomic E-state index is -0.282. The molecule has 0 bridgehead atoms. The van der Waals surface area contributed by atoms with Crippen LogP contribution in [-0.4, -0.2) is 38.0 Å². The van der Waals surface area contributed by atoms with Crippen LogP contribution in [0.3, 0.4) is 0 Å². The lowest BCUT2D eigenvalue weighted by atomic mass is 10.1. The molecule has 162 valence electrons. The second-order valence-corrected chi connectivity index (χ2v) is 7.93. The first-order valence-corrected chi connectivity index (χ1v) is 10.9. The summed E-state index contributed by atoms with van der Waals surface area (Å²) in [6, 6.07) is 17.2. The number of aromatic nitrogens is 5. The predicted octanol–water partition coefficient (Wildman–Crippen LogP) is 3.60. The van der Waals surface area contributed by atoms with Crippen molar-refractivity contribution in [2.75, 3.05) is 7.11 Å². The monoisotopic (exact) mass is 446 g/mol. The molecule has 32 heavy (non-hydrogen) atoms. The Morgan fingerprint density at radius 3 is 2.47 bits per heavy atom. The van der Waals surface area contributed by atoms with Gasteiger partial charge in [0.25, 0.3) is 5.91 Å². The van der Waals surface area contributed by atoms with E-state index in [0.29, 0.717) is 23.1 Å². The van der Waals surface area contributed by atoms with E-state index in [0.717, 1.165) is 17.0 Å². The minimum Gasteiger partial charge on any atom is -0.497 e. The fourth-order valence-corrected chi connectivity index (χ4v) is 3.80. The number of methoxy groups -OCH3 is 1. The van der Waals surface area contributed by atoms with Crippen molar-refractivity contribution in [1.29, 1.82) is 0 Å². The zero-order valence-electron chi connectivity index (χ0n) is 17.7. The van der Waals surface area contributed by atoms with Crippen LogP contribution >= 0.6 is 11.8 Å². The highest BCUT2D eigenvalue weighted by molar-refractivity contribution is 7.98. The number of aryl methyl sites for hydroxylation is 1. The van der Waals surface area contributed by atoms with E-state index >= 15 is 0 Å². The summed E-state index contributed by atoms with van der Waals surface area (Å²) in [5.74, 6) is 0.879. The van der Waals surface area contributed by atoms with Crippen molar-refractivity contribution in [3.05, 3.63) is 89.5 Å². The number of nitrogens with one attached hydrogen (secondary N) is 1. The number of carbonyl (C=O) groups is 1. The number of benzene rings is 2. The molecular formula is C23H22N6O2S. The first-order valence-electron chi connectivity index (χ1n) is 9.96. The number of hydrogen-bond donors (Lipinski definition) is 1. The highest BCUT2D eigenvalue weighted by Gasteiger charge is 2.21. The molecule has 4 aromatic rings. The van der Waals surface area contributed by atoms with Crippen LogP contribution in [0.5, 0.6) is 5.75 Å². The molecule has 0 radical (unpaired) electrons. The fourth-order valence-electron chi connectivity index (χ4n) is 3.00. The van der Waals surface area contributed by atoms with Crippen LogP contribution in [0.25, 0.3) is 5.69 Å². The van der Waals surface area contributed by atoms with E-state index in [1.807, 2.05) is 55.5 Å². The molecule has 0 unspecified atom stereocenters. The van der Waals surface area contributed by atoms with Crippen LogP contribution in [0.1, 0.15) is 27.3 Å². The van der Waals surface area contributed by atoms with Gasteiger partial charge in [0, 0.05) is 24.7 Å². The molecule has 0 aliphatic carbocycles. The van der Waals surface area contributed by atoms with E-state index in [4.69, 9.17) is 4.74 Å². The summed E-state index contributed by atoms with van der Waals surface area (Å²) in [5.41, 5.74) is 3.90. The van der Waals surface area contributed by atoms with E-state index in [2.05, 4.69) is 25.6 Å².